The van der Waals surface area contributed by atoms with Crippen molar-refractivity contribution >= 4 is 11.6 Å². The third kappa shape index (κ3) is 5.31. The summed E-state index contributed by atoms with van der Waals surface area (Å²) in [5.74, 6) is 1.50. The van der Waals surface area contributed by atoms with Crippen LogP contribution in [0.2, 0.25) is 0 Å². The Kier molecular flexibility index (Phi) is 8.61. The van der Waals surface area contributed by atoms with Gasteiger partial charge in [0, 0.05) is 11.3 Å². The third-order valence-corrected chi connectivity index (χ3v) is 12.8. The molecule has 4 aliphatic carbocycles. The lowest BCUT2D eigenvalue weighted by atomic mass is 9.54. The molecule has 2 aliphatic heterocycles. The van der Waals surface area contributed by atoms with Crippen molar-refractivity contribution in [3.8, 4) is 0 Å². The molecule has 3 unspecified atom stereocenters. The van der Waals surface area contributed by atoms with Crippen LogP contribution in [0.15, 0.2) is 12.2 Å². The van der Waals surface area contributed by atoms with E-state index >= 15 is 0 Å². The lowest BCUT2D eigenvalue weighted by Crippen LogP contribution is -2.60. The minimum absolute atomic E-state index is 0.0702. The number of aliphatic hydroxyl groups is 1. The molecule has 1 N–H and O–H groups in total. The fourth-order valence-corrected chi connectivity index (χ4v) is 10.6. The minimum Gasteiger partial charge on any atom is -0.393 e. The Hall–Kier alpha value is -1.08. The van der Waals surface area contributed by atoms with Crippen molar-refractivity contribution in [3.63, 3.8) is 0 Å². The smallest absolute Gasteiger partial charge is 0.181 e. The van der Waals surface area contributed by atoms with E-state index in [1.165, 1.54) is 25.7 Å². The number of aliphatic hydroxyl groups excluding tert-OH is 1. The number of carbonyl (C=O) groups is 2. The standard InChI is InChI=1S/C35H55NO5/c1-24(37)14-17-33(2)16-10-13-26-21-27-22-30-35(29(39)23-36-19-8-9-20-36,34(27,3)18-15-28(38)31(26)33)41-32(40-30)25-11-6-4-5-7-12-25/h14,17,25-28,30-32,38H,4-13,15-16,18-23H2,1-3H3/b17-14-/t26-,27+,28?,30+,31?,32+,33+,34?,35+/m0/s1. The van der Waals surface area contributed by atoms with Crippen LogP contribution in [0, 0.1) is 34.5 Å². The van der Waals surface area contributed by atoms with Crippen LogP contribution in [0.1, 0.15) is 117 Å². The Morgan fingerprint density at radius 2 is 1.61 bits per heavy atom. The van der Waals surface area contributed by atoms with E-state index in [2.05, 4.69) is 24.8 Å². The van der Waals surface area contributed by atoms with Gasteiger partial charge >= 0.3 is 0 Å². The van der Waals surface area contributed by atoms with Crippen molar-refractivity contribution in [2.45, 2.75) is 141 Å². The maximum atomic E-state index is 14.6. The van der Waals surface area contributed by atoms with Gasteiger partial charge in [-0.1, -0.05) is 58.4 Å². The van der Waals surface area contributed by atoms with Crippen LogP contribution in [-0.4, -0.2) is 65.3 Å². The predicted molar refractivity (Wildman–Crippen MR) is 159 cm³/mol. The third-order valence-electron chi connectivity index (χ3n) is 12.8. The molecular weight excluding hydrogens is 514 g/mol. The van der Waals surface area contributed by atoms with Crippen LogP contribution in [0.4, 0.5) is 0 Å². The Labute approximate surface area is 248 Å². The first kappa shape index (κ1) is 30.0. The first-order valence-electron chi connectivity index (χ1n) is 17.1. The normalized spacial score (nSPS) is 46.0. The van der Waals surface area contributed by atoms with Crippen LogP contribution in [0.5, 0.6) is 0 Å². The number of hydrogen-bond donors (Lipinski definition) is 1. The van der Waals surface area contributed by atoms with Gasteiger partial charge in [0.05, 0.1) is 18.8 Å². The highest BCUT2D eigenvalue weighted by molar-refractivity contribution is 5.92. The van der Waals surface area contributed by atoms with E-state index in [0.717, 1.165) is 77.3 Å². The van der Waals surface area contributed by atoms with E-state index in [0.29, 0.717) is 30.7 Å². The average Bonchev–Trinajstić information content (AvgIpc) is 3.56. The van der Waals surface area contributed by atoms with Gasteiger partial charge in [-0.15, -0.1) is 0 Å². The van der Waals surface area contributed by atoms with Crippen molar-refractivity contribution in [1.82, 2.24) is 4.90 Å². The second-order valence-electron chi connectivity index (χ2n) is 15.3. The molecule has 0 amide bonds. The molecule has 0 spiro atoms. The van der Waals surface area contributed by atoms with E-state index in [1.54, 1.807) is 13.0 Å². The van der Waals surface area contributed by atoms with Crippen molar-refractivity contribution in [2.75, 3.05) is 19.6 Å². The second kappa shape index (κ2) is 11.8. The number of nitrogens with zero attached hydrogens (tertiary/aromatic N) is 1. The van der Waals surface area contributed by atoms with Gasteiger partial charge in [0.15, 0.2) is 23.5 Å². The lowest BCUT2D eigenvalue weighted by molar-refractivity contribution is -0.187. The summed E-state index contributed by atoms with van der Waals surface area (Å²) in [7, 11) is 0. The Morgan fingerprint density at radius 1 is 0.902 bits per heavy atom. The molecule has 2 heterocycles. The van der Waals surface area contributed by atoms with E-state index in [9.17, 15) is 14.7 Å². The maximum Gasteiger partial charge on any atom is 0.181 e. The minimum atomic E-state index is -0.920. The fourth-order valence-electron chi connectivity index (χ4n) is 10.6. The number of allylic oxidation sites excluding steroid dienone is 2. The first-order chi connectivity index (χ1) is 19.7. The molecule has 6 fully saturated rings. The molecule has 6 aliphatic rings. The molecule has 6 nitrogen and oxygen atoms in total. The van der Waals surface area contributed by atoms with Crippen LogP contribution in [0.25, 0.3) is 0 Å². The highest BCUT2D eigenvalue weighted by Gasteiger charge is 2.72. The summed E-state index contributed by atoms with van der Waals surface area (Å²) in [6.45, 7) is 8.63. The molecule has 0 radical (unpaired) electrons. The van der Waals surface area contributed by atoms with E-state index in [-0.39, 0.29) is 40.7 Å². The lowest BCUT2D eigenvalue weighted by Gasteiger charge is -2.53. The van der Waals surface area contributed by atoms with Crippen molar-refractivity contribution in [3.05, 3.63) is 12.2 Å². The Morgan fingerprint density at radius 3 is 2.32 bits per heavy atom. The van der Waals surface area contributed by atoms with Crippen LogP contribution >= 0.6 is 0 Å². The molecule has 0 aromatic carbocycles. The number of carbonyl (C=O) groups excluding carboxylic acids is 2. The summed E-state index contributed by atoms with van der Waals surface area (Å²) in [5, 5.41) is 11.8. The quantitative estimate of drug-likeness (QED) is 0.301. The summed E-state index contributed by atoms with van der Waals surface area (Å²) in [4.78, 5) is 28.8. The summed E-state index contributed by atoms with van der Waals surface area (Å²) in [6.07, 6.45) is 19.0. The summed E-state index contributed by atoms with van der Waals surface area (Å²) < 4.78 is 14.1. The van der Waals surface area contributed by atoms with Gasteiger partial charge in [0.1, 0.15) is 0 Å². The number of fused-ring (bicyclic) bond motifs is 4. The van der Waals surface area contributed by atoms with Crippen molar-refractivity contribution < 1.29 is 24.2 Å². The fraction of sp³-hybridized carbons (Fsp3) is 0.886. The Balaban J connectivity index is 1.31. The summed E-state index contributed by atoms with van der Waals surface area (Å²) in [6, 6.07) is 0. The highest BCUT2D eigenvalue weighted by atomic mass is 16.7. The molecule has 0 aromatic heterocycles. The zero-order valence-electron chi connectivity index (χ0n) is 26.0. The topological polar surface area (TPSA) is 76.1 Å². The van der Waals surface area contributed by atoms with Crippen LogP contribution < -0.4 is 0 Å². The van der Waals surface area contributed by atoms with E-state index in [1.807, 2.05) is 0 Å². The molecule has 2 saturated heterocycles. The van der Waals surface area contributed by atoms with Gasteiger partial charge in [0.2, 0.25) is 0 Å². The van der Waals surface area contributed by atoms with Crippen molar-refractivity contribution in [2.24, 2.45) is 34.5 Å². The number of Topliss-reactive ketones (excluding diaryl/α,β-unsaturated/α-hetero) is 1. The van der Waals surface area contributed by atoms with E-state index in [4.69, 9.17) is 9.47 Å². The zero-order chi connectivity index (χ0) is 28.8. The molecule has 6 rings (SSSR count). The number of hydrogen-bond acceptors (Lipinski definition) is 6. The molecule has 0 aromatic rings. The van der Waals surface area contributed by atoms with Crippen LogP contribution in [0.3, 0.4) is 0 Å². The first-order valence-corrected chi connectivity index (χ1v) is 17.1. The van der Waals surface area contributed by atoms with Gasteiger partial charge in [-0.25, -0.2) is 0 Å². The Bertz CT molecular complexity index is 999. The number of ketones is 2. The van der Waals surface area contributed by atoms with Crippen molar-refractivity contribution in [1.29, 1.82) is 0 Å². The maximum absolute atomic E-state index is 14.6. The highest BCUT2D eigenvalue weighted by Crippen LogP contribution is 2.65. The average molecular weight is 570 g/mol. The summed E-state index contributed by atoms with van der Waals surface area (Å²) in [5.41, 5.74) is -1.46. The SMILES string of the molecule is CC(=O)/C=C\[C@@]1(C)CCC[C@H]2C[C@@H]3C[C@H]4O[C@@H](C5CCCCCC5)O[C@@]4(C(=O)CN4CCCC4)C3(C)CCC(O)C21. The van der Waals surface area contributed by atoms with Gasteiger partial charge in [0.25, 0.3) is 0 Å². The van der Waals surface area contributed by atoms with Gasteiger partial charge in [-0.3, -0.25) is 14.5 Å². The molecule has 4 saturated carbocycles. The van der Waals surface area contributed by atoms with Gasteiger partial charge in [-0.05, 0) is 107 Å². The molecule has 41 heavy (non-hydrogen) atoms. The summed E-state index contributed by atoms with van der Waals surface area (Å²) >= 11 is 0. The van der Waals surface area contributed by atoms with E-state index < -0.39 is 11.7 Å². The molecular formula is C35H55NO5. The number of ether oxygens (including phenoxy) is 2. The zero-order valence-corrected chi connectivity index (χ0v) is 26.0. The monoisotopic (exact) mass is 569 g/mol. The largest absolute Gasteiger partial charge is 0.393 e. The number of rotatable bonds is 6. The predicted octanol–water partition coefficient (Wildman–Crippen LogP) is 6.24. The van der Waals surface area contributed by atoms with Crippen LogP contribution in [-0.2, 0) is 19.1 Å². The second-order valence-corrected chi connectivity index (χ2v) is 15.3. The van der Waals surface area contributed by atoms with Gasteiger partial charge < -0.3 is 14.6 Å². The molecule has 0 bridgehead atoms. The van der Waals surface area contributed by atoms with Gasteiger partial charge in [-0.2, -0.15) is 0 Å². The molecule has 6 heteroatoms. The molecule has 9 atom stereocenters. The molecule has 230 valence electrons. The number of likely N-dealkylation sites (tertiary alicyclic amines) is 1.